The van der Waals surface area contributed by atoms with Crippen LogP contribution in [0.1, 0.15) is 38.7 Å². The summed E-state index contributed by atoms with van der Waals surface area (Å²) in [5.74, 6) is 0.563. The number of hydrogen-bond acceptors (Lipinski definition) is 1. The van der Waals surface area contributed by atoms with Crippen LogP contribution in [-0.4, -0.2) is 12.1 Å². The molecule has 0 saturated carbocycles. The summed E-state index contributed by atoms with van der Waals surface area (Å²) in [7, 11) is 0. The Labute approximate surface area is 117 Å². The van der Waals surface area contributed by atoms with Gasteiger partial charge < -0.3 is 4.90 Å². The Morgan fingerprint density at radius 2 is 2.18 bits per heavy atom. The maximum atomic E-state index is 5.89. The minimum atomic E-state index is 0.563. The largest absolute Gasteiger partial charge is 0.366 e. The molecule has 1 aromatic carbocycles. The van der Waals surface area contributed by atoms with E-state index in [2.05, 4.69) is 52.9 Å². The van der Waals surface area contributed by atoms with E-state index in [1.165, 1.54) is 24.9 Å². The van der Waals surface area contributed by atoms with Gasteiger partial charge in [-0.2, -0.15) is 0 Å². The Morgan fingerprint density at radius 3 is 2.76 bits per heavy atom. The summed E-state index contributed by atoms with van der Waals surface area (Å²) in [6.45, 7) is 4.59. The first-order valence-corrected chi connectivity index (χ1v) is 7.62. The molecule has 0 aromatic heterocycles. The molecule has 1 aromatic rings. The lowest BCUT2D eigenvalue weighted by Gasteiger charge is -2.30. The Balaban J connectivity index is 2.29. The quantitative estimate of drug-likeness (QED) is 0.713. The third-order valence-corrected chi connectivity index (χ3v) is 4.76. The van der Waals surface area contributed by atoms with Gasteiger partial charge in [0.05, 0.1) is 0 Å². The van der Waals surface area contributed by atoms with E-state index >= 15 is 0 Å². The second-order valence-corrected chi connectivity index (χ2v) is 5.93. The summed E-state index contributed by atoms with van der Waals surface area (Å²) in [6, 6.07) is 7.88. The van der Waals surface area contributed by atoms with E-state index in [0.717, 1.165) is 10.0 Å². The molecular weight excluding hydrogens is 298 g/mol. The fourth-order valence-electron chi connectivity index (χ4n) is 2.74. The van der Waals surface area contributed by atoms with E-state index in [1.807, 2.05) is 0 Å². The number of benzene rings is 1. The molecule has 0 spiro atoms. The van der Waals surface area contributed by atoms with Gasteiger partial charge in [-0.1, -0.05) is 28.9 Å². The fourth-order valence-corrected chi connectivity index (χ4v) is 3.64. The molecular formula is C14H19BrClN. The minimum Gasteiger partial charge on any atom is -0.366 e. The third kappa shape index (κ3) is 2.63. The number of halogens is 2. The Bertz CT molecular complexity index is 394. The van der Waals surface area contributed by atoms with Gasteiger partial charge in [-0.05, 0) is 43.9 Å². The SMILES string of the molecule is CCC1CCC(C)N1c1ccc(CCl)c(Br)c1. The molecule has 0 N–H and O–H groups in total. The average molecular weight is 317 g/mol. The molecule has 1 saturated heterocycles. The molecule has 1 fully saturated rings. The number of rotatable bonds is 3. The van der Waals surface area contributed by atoms with Gasteiger partial charge >= 0.3 is 0 Å². The summed E-state index contributed by atoms with van der Waals surface area (Å²) in [4.78, 5) is 2.56. The van der Waals surface area contributed by atoms with E-state index < -0.39 is 0 Å². The van der Waals surface area contributed by atoms with E-state index in [-0.39, 0.29) is 0 Å². The van der Waals surface area contributed by atoms with Gasteiger partial charge in [-0.25, -0.2) is 0 Å². The second kappa shape index (κ2) is 5.62. The summed E-state index contributed by atoms with van der Waals surface area (Å²) in [6.07, 6.45) is 3.83. The number of alkyl halides is 1. The van der Waals surface area contributed by atoms with Crippen LogP contribution in [0.4, 0.5) is 5.69 Å². The maximum absolute atomic E-state index is 5.89. The predicted molar refractivity (Wildman–Crippen MR) is 79.0 cm³/mol. The van der Waals surface area contributed by atoms with Gasteiger partial charge in [-0.3, -0.25) is 0 Å². The van der Waals surface area contributed by atoms with E-state index in [4.69, 9.17) is 11.6 Å². The van der Waals surface area contributed by atoms with Gasteiger partial charge in [0.1, 0.15) is 0 Å². The van der Waals surface area contributed by atoms with Crippen LogP contribution in [-0.2, 0) is 5.88 Å². The highest BCUT2D eigenvalue weighted by atomic mass is 79.9. The van der Waals surface area contributed by atoms with Gasteiger partial charge in [-0.15, -0.1) is 11.6 Å². The first-order chi connectivity index (χ1) is 8.17. The van der Waals surface area contributed by atoms with E-state index in [9.17, 15) is 0 Å². The van der Waals surface area contributed by atoms with Gasteiger partial charge in [0.15, 0.2) is 0 Å². The van der Waals surface area contributed by atoms with Crippen LogP contribution >= 0.6 is 27.5 Å². The van der Waals surface area contributed by atoms with Crippen molar-refractivity contribution in [3.63, 3.8) is 0 Å². The number of nitrogens with zero attached hydrogens (tertiary/aromatic N) is 1. The molecule has 0 bridgehead atoms. The van der Waals surface area contributed by atoms with Crippen molar-refractivity contribution in [2.75, 3.05) is 4.90 Å². The lowest BCUT2D eigenvalue weighted by Crippen LogP contribution is -2.34. The summed E-state index contributed by atoms with van der Waals surface area (Å²) in [5, 5.41) is 0. The van der Waals surface area contributed by atoms with Crippen molar-refractivity contribution in [2.24, 2.45) is 0 Å². The molecule has 3 heteroatoms. The van der Waals surface area contributed by atoms with Crippen molar-refractivity contribution in [1.29, 1.82) is 0 Å². The molecule has 2 atom stereocenters. The van der Waals surface area contributed by atoms with Gasteiger partial charge in [0.2, 0.25) is 0 Å². The van der Waals surface area contributed by atoms with E-state index in [1.54, 1.807) is 0 Å². The highest BCUT2D eigenvalue weighted by molar-refractivity contribution is 9.10. The molecule has 1 heterocycles. The van der Waals surface area contributed by atoms with Crippen molar-refractivity contribution in [3.8, 4) is 0 Å². The van der Waals surface area contributed by atoms with Crippen molar-refractivity contribution in [2.45, 2.75) is 51.1 Å². The maximum Gasteiger partial charge on any atom is 0.0485 e. The van der Waals surface area contributed by atoms with Crippen molar-refractivity contribution < 1.29 is 0 Å². The predicted octanol–water partition coefficient (Wildman–Crippen LogP) is 4.96. The zero-order valence-corrected chi connectivity index (χ0v) is 12.8. The lowest BCUT2D eigenvalue weighted by molar-refractivity contribution is 0.628. The van der Waals surface area contributed by atoms with Crippen LogP contribution in [0.5, 0.6) is 0 Å². The minimum absolute atomic E-state index is 0.563. The molecule has 1 aliphatic heterocycles. The van der Waals surface area contributed by atoms with Crippen molar-refractivity contribution in [1.82, 2.24) is 0 Å². The zero-order chi connectivity index (χ0) is 12.4. The van der Waals surface area contributed by atoms with Gasteiger partial charge in [0, 0.05) is 28.1 Å². The molecule has 0 radical (unpaired) electrons. The average Bonchev–Trinajstić information content (AvgIpc) is 2.70. The topological polar surface area (TPSA) is 3.24 Å². The fraction of sp³-hybridized carbons (Fsp3) is 0.571. The molecule has 94 valence electrons. The molecule has 2 unspecified atom stereocenters. The molecule has 0 aliphatic carbocycles. The van der Waals surface area contributed by atoms with Crippen molar-refractivity contribution >= 4 is 33.2 Å². The standard InChI is InChI=1S/C14H19BrClN/c1-3-12-6-4-10(2)17(12)13-7-5-11(9-16)14(15)8-13/h5,7-8,10,12H,3-4,6,9H2,1-2H3. The van der Waals surface area contributed by atoms with E-state index in [0.29, 0.717) is 18.0 Å². The first kappa shape index (κ1) is 13.2. The van der Waals surface area contributed by atoms with Crippen molar-refractivity contribution in [3.05, 3.63) is 28.2 Å². The molecule has 1 aliphatic rings. The first-order valence-electron chi connectivity index (χ1n) is 6.30. The number of hydrogen-bond donors (Lipinski definition) is 0. The third-order valence-electron chi connectivity index (χ3n) is 3.74. The highest BCUT2D eigenvalue weighted by Gasteiger charge is 2.29. The lowest BCUT2D eigenvalue weighted by atomic mass is 10.1. The van der Waals surface area contributed by atoms with Crippen LogP contribution in [0.15, 0.2) is 22.7 Å². The van der Waals surface area contributed by atoms with Crippen LogP contribution in [0.3, 0.4) is 0 Å². The molecule has 1 nitrogen and oxygen atoms in total. The van der Waals surface area contributed by atoms with Crippen LogP contribution < -0.4 is 4.90 Å². The molecule has 17 heavy (non-hydrogen) atoms. The van der Waals surface area contributed by atoms with Gasteiger partial charge in [0.25, 0.3) is 0 Å². The smallest absolute Gasteiger partial charge is 0.0485 e. The monoisotopic (exact) mass is 315 g/mol. The Kier molecular flexibility index (Phi) is 4.37. The molecule has 0 amide bonds. The summed E-state index contributed by atoms with van der Waals surface area (Å²) < 4.78 is 1.12. The number of anilines is 1. The molecule has 2 rings (SSSR count). The normalized spacial score (nSPS) is 24.4. The highest BCUT2D eigenvalue weighted by Crippen LogP contribution is 2.34. The summed E-state index contributed by atoms with van der Waals surface area (Å²) >= 11 is 9.49. The van der Waals surface area contributed by atoms with Crippen LogP contribution in [0.2, 0.25) is 0 Å². The second-order valence-electron chi connectivity index (χ2n) is 4.81. The Hall–Kier alpha value is -0.210. The summed E-state index contributed by atoms with van der Waals surface area (Å²) in [5.41, 5.74) is 2.48. The zero-order valence-electron chi connectivity index (χ0n) is 10.4. The van der Waals surface area contributed by atoms with Crippen LogP contribution in [0.25, 0.3) is 0 Å². The Morgan fingerprint density at radius 1 is 1.41 bits per heavy atom. The van der Waals surface area contributed by atoms with Crippen LogP contribution in [0, 0.1) is 0 Å².